The molecule has 0 radical (unpaired) electrons. The number of hydrogen-bond acceptors (Lipinski definition) is 18. The van der Waals surface area contributed by atoms with Gasteiger partial charge >= 0.3 is 11.9 Å². The van der Waals surface area contributed by atoms with Gasteiger partial charge in [-0.1, -0.05) is 46.3 Å². The molecule has 0 aromatic carbocycles. The quantitative estimate of drug-likeness (QED) is 0.0856. The van der Waals surface area contributed by atoms with E-state index in [9.17, 15) is 61.0 Å². The number of carbonyl (C=O) groups excluding carboxylic acids is 1. The van der Waals surface area contributed by atoms with Gasteiger partial charge in [0.05, 0.1) is 36.3 Å². The summed E-state index contributed by atoms with van der Waals surface area (Å²) in [5.41, 5.74) is -3.43. The molecular formula is C47H74O19. The standard InChI is InChI=1S/C47H74O19/c1-20-28(51)31(54)33(56)37(62-20)64-35-29(52)24(50)19-61-39(35)66-41(60)47-14-12-42(2,3)16-22(47)21-8-9-26-43(4)17-23(49)36(65-38-34(57)32(55)30(53)25(18-48)63-38)46(7,40(58)59)27(43)10-11-45(26,6)44(21,5)13-15-47/h8,20,22-39,48-57H,9-19H2,1-7H3,(H,58,59)/t20-,22-,23+,24+,25-,26+,27+,28-,29-,30+,31-,32+,33+,34+,35-,36-,37+,38+,39+,43-,44+,45+,46+,47+/m0/s1. The number of carboxylic acids is 1. The number of aliphatic hydroxyl groups is 10. The average Bonchev–Trinajstić information content (AvgIpc) is 3.25. The van der Waals surface area contributed by atoms with Crippen molar-refractivity contribution in [2.75, 3.05) is 13.2 Å². The van der Waals surface area contributed by atoms with E-state index >= 15 is 4.79 Å². The van der Waals surface area contributed by atoms with Crippen molar-refractivity contribution in [2.24, 2.45) is 50.2 Å². The van der Waals surface area contributed by atoms with Gasteiger partial charge < -0.3 is 84.6 Å². The van der Waals surface area contributed by atoms with Crippen LogP contribution in [0.15, 0.2) is 11.6 Å². The zero-order valence-corrected chi connectivity index (χ0v) is 39.0. The molecule has 8 rings (SSSR count). The second-order valence-corrected chi connectivity index (χ2v) is 22.9. The van der Waals surface area contributed by atoms with Gasteiger partial charge in [-0.15, -0.1) is 0 Å². The normalized spacial score (nSPS) is 54.7. The lowest BCUT2D eigenvalue weighted by Gasteiger charge is -2.71. The molecule has 376 valence electrons. The van der Waals surface area contributed by atoms with Gasteiger partial charge in [0.2, 0.25) is 6.29 Å². The minimum absolute atomic E-state index is 0.128. The van der Waals surface area contributed by atoms with Crippen molar-refractivity contribution in [1.29, 1.82) is 0 Å². The summed E-state index contributed by atoms with van der Waals surface area (Å²) in [6, 6.07) is 0. The monoisotopic (exact) mass is 942 g/mol. The van der Waals surface area contributed by atoms with E-state index in [2.05, 4.69) is 40.7 Å². The molecule has 5 aliphatic carbocycles. The van der Waals surface area contributed by atoms with Crippen LogP contribution in [0.2, 0.25) is 0 Å². The minimum Gasteiger partial charge on any atom is -0.481 e. The molecule has 3 aliphatic heterocycles. The van der Waals surface area contributed by atoms with E-state index in [1.54, 1.807) is 6.92 Å². The van der Waals surface area contributed by atoms with E-state index in [4.69, 9.17) is 28.4 Å². The summed E-state index contributed by atoms with van der Waals surface area (Å²) < 4.78 is 35.4. The molecular weight excluding hydrogens is 868 g/mol. The molecule has 19 heteroatoms. The van der Waals surface area contributed by atoms with Gasteiger partial charge in [0, 0.05) is 0 Å². The van der Waals surface area contributed by atoms with E-state index < -0.39 is 150 Å². The number of ether oxygens (including phenoxy) is 6. The summed E-state index contributed by atoms with van der Waals surface area (Å²) in [5.74, 6) is -2.70. The molecule has 0 amide bonds. The predicted molar refractivity (Wildman–Crippen MR) is 226 cm³/mol. The summed E-state index contributed by atoms with van der Waals surface area (Å²) in [6.07, 6.45) is -17.5. The molecule has 3 heterocycles. The molecule has 3 saturated heterocycles. The number of esters is 1. The molecule has 0 aromatic rings. The van der Waals surface area contributed by atoms with Crippen LogP contribution in [0.1, 0.15) is 106 Å². The Morgan fingerprint density at radius 1 is 0.712 bits per heavy atom. The van der Waals surface area contributed by atoms with E-state index in [0.29, 0.717) is 51.4 Å². The first-order valence-electron chi connectivity index (χ1n) is 23.8. The Labute approximate surface area is 385 Å². The van der Waals surface area contributed by atoms with Crippen LogP contribution in [0.25, 0.3) is 0 Å². The Morgan fingerprint density at radius 3 is 2.00 bits per heavy atom. The maximum Gasteiger partial charge on any atom is 0.315 e. The number of carbonyl (C=O) groups is 2. The smallest absolute Gasteiger partial charge is 0.315 e. The Bertz CT molecular complexity index is 1860. The molecule has 11 N–H and O–H groups in total. The van der Waals surface area contributed by atoms with E-state index in [1.807, 2.05) is 0 Å². The van der Waals surface area contributed by atoms with Gasteiger partial charge in [-0.05, 0) is 111 Å². The minimum atomic E-state index is -1.79. The van der Waals surface area contributed by atoms with Crippen molar-refractivity contribution >= 4 is 11.9 Å². The van der Waals surface area contributed by atoms with Crippen molar-refractivity contribution in [3.63, 3.8) is 0 Å². The van der Waals surface area contributed by atoms with Gasteiger partial charge in [0.15, 0.2) is 18.7 Å². The van der Waals surface area contributed by atoms with Crippen LogP contribution in [0.4, 0.5) is 0 Å². The van der Waals surface area contributed by atoms with Crippen LogP contribution < -0.4 is 0 Å². The van der Waals surface area contributed by atoms with E-state index in [-0.39, 0.29) is 30.3 Å². The maximum absolute atomic E-state index is 15.0. The average molecular weight is 943 g/mol. The topological polar surface area (TPSA) is 312 Å². The van der Waals surface area contributed by atoms with Gasteiger partial charge in [0.25, 0.3) is 0 Å². The molecule has 0 spiro atoms. The Balaban J connectivity index is 1.08. The highest BCUT2D eigenvalue weighted by Crippen LogP contribution is 2.76. The molecule has 19 nitrogen and oxygen atoms in total. The van der Waals surface area contributed by atoms with Crippen LogP contribution >= 0.6 is 0 Å². The van der Waals surface area contributed by atoms with Crippen molar-refractivity contribution in [2.45, 2.75) is 204 Å². The van der Waals surface area contributed by atoms with Crippen molar-refractivity contribution < 1.29 is 94.2 Å². The van der Waals surface area contributed by atoms with Crippen LogP contribution in [0, 0.1) is 50.2 Å². The van der Waals surface area contributed by atoms with Crippen LogP contribution in [-0.2, 0) is 38.0 Å². The summed E-state index contributed by atoms with van der Waals surface area (Å²) in [4.78, 5) is 28.7. The van der Waals surface area contributed by atoms with Gasteiger partial charge in [0.1, 0.15) is 61.0 Å². The molecule has 24 atom stereocenters. The number of hydrogen-bond donors (Lipinski definition) is 11. The summed E-state index contributed by atoms with van der Waals surface area (Å²) in [5, 5.41) is 118. The van der Waals surface area contributed by atoms with Gasteiger partial charge in [-0.3, -0.25) is 9.59 Å². The van der Waals surface area contributed by atoms with Crippen molar-refractivity contribution in [3.05, 3.63) is 11.6 Å². The van der Waals surface area contributed by atoms with E-state index in [1.165, 1.54) is 6.92 Å². The van der Waals surface area contributed by atoms with Crippen LogP contribution in [0.5, 0.6) is 0 Å². The first-order valence-corrected chi connectivity index (χ1v) is 23.8. The molecule has 66 heavy (non-hydrogen) atoms. The number of carboxylic acid groups (broad SMARTS) is 1. The number of aliphatic hydroxyl groups excluding tert-OH is 10. The number of aliphatic carboxylic acids is 1. The highest BCUT2D eigenvalue weighted by Gasteiger charge is 2.73. The fourth-order valence-corrected chi connectivity index (χ4v) is 14.7. The van der Waals surface area contributed by atoms with Crippen LogP contribution in [-0.4, -0.2) is 180 Å². The second kappa shape index (κ2) is 17.4. The lowest BCUT2D eigenvalue weighted by molar-refractivity contribution is -0.350. The Kier molecular flexibility index (Phi) is 13.3. The SMILES string of the molecule is C[C@@H]1O[C@H](O[C@@H]2[C@@H](OC(=O)[C@@]34CCC(C)(C)C[C@H]3C3=CC[C@@H]5[C@]6(C)C[C@@H](O)[C@H](O[C@H]7O[C@@H](CO)[C@@H](O)[C@@H](O)[C@H]7O)[C@](C)(C(=O)O)[C@@H]6CC[C@@]5(C)[C@]3(C)CC4)OC[C@@H](O)[C@@H]2O)[C@H](O)[C@@H](O)[C@H]1O. The van der Waals surface area contributed by atoms with Gasteiger partial charge in [-0.2, -0.15) is 0 Å². The summed E-state index contributed by atoms with van der Waals surface area (Å²) in [7, 11) is 0. The maximum atomic E-state index is 15.0. The largest absolute Gasteiger partial charge is 0.481 e. The fourth-order valence-electron chi connectivity index (χ4n) is 14.7. The fraction of sp³-hybridized carbons (Fsp3) is 0.915. The Hall–Kier alpha value is -1.92. The zero-order chi connectivity index (χ0) is 48.4. The third kappa shape index (κ3) is 7.56. The molecule has 0 unspecified atom stereocenters. The Morgan fingerprint density at radius 2 is 1.35 bits per heavy atom. The zero-order valence-electron chi connectivity index (χ0n) is 39.0. The third-order valence-electron chi connectivity index (χ3n) is 19.0. The third-order valence-corrected chi connectivity index (χ3v) is 19.0. The molecule has 0 bridgehead atoms. The van der Waals surface area contributed by atoms with Crippen molar-refractivity contribution in [3.8, 4) is 0 Å². The molecule has 4 saturated carbocycles. The predicted octanol–water partition coefficient (Wildman–Crippen LogP) is -0.157. The summed E-state index contributed by atoms with van der Waals surface area (Å²) in [6.45, 7) is 12.9. The highest BCUT2D eigenvalue weighted by molar-refractivity contribution is 5.79. The second-order valence-electron chi connectivity index (χ2n) is 22.9. The first kappa shape index (κ1) is 50.5. The highest BCUT2D eigenvalue weighted by atomic mass is 16.8. The lowest BCUT2D eigenvalue weighted by atomic mass is 9.33. The number of rotatable bonds is 8. The number of fused-ring (bicyclic) bond motifs is 7. The van der Waals surface area contributed by atoms with Gasteiger partial charge in [-0.25, -0.2) is 0 Å². The molecule has 0 aromatic heterocycles. The van der Waals surface area contributed by atoms with Crippen molar-refractivity contribution in [1.82, 2.24) is 0 Å². The first-order chi connectivity index (χ1) is 30.7. The lowest BCUT2D eigenvalue weighted by Crippen LogP contribution is -2.70. The van der Waals surface area contributed by atoms with Crippen LogP contribution in [0.3, 0.4) is 0 Å². The summed E-state index contributed by atoms with van der Waals surface area (Å²) >= 11 is 0. The number of allylic oxidation sites excluding steroid dienone is 2. The molecule has 8 aliphatic rings. The van der Waals surface area contributed by atoms with E-state index in [0.717, 1.165) is 5.57 Å². The molecule has 7 fully saturated rings.